The summed E-state index contributed by atoms with van der Waals surface area (Å²) in [4.78, 5) is 16.9. The van der Waals surface area contributed by atoms with E-state index >= 15 is 0 Å². The first kappa shape index (κ1) is 15.6. The Bertz CT molecular complexity index is 1110. The maximum atomic E-state index is 12.5. The number of imidazole rings is 1. The van der Waals surface area contributed by atoms with Crippen LogP contribution in [0.1, 0.15) is 11.1 Å². The topological polar surface area (TPSA) is 52.2 Å². The Morgan fingerprint density at radius 3 is 2.72 bits per heavy atom. The van der Waals surface area contributed by atoms with Crippen molar-refractivity contribution in [3.8, 4) is 11.4 Å². The molecule has 0 fully saturated rings. The highest BCUT2D eigenvalue weighted by molar-refractivity contribution is 6.30. The van der Waals surface area contributed by atoms with Crippen LogP contribution in [0, 0.1) is 6.92 Å². The largest absolute Gasteiger partial charge is 0.298 e. The van der Waals surface area contributed by atoms with Crippen molar-refractivity contribution in [3.05, 3.63) is 87.4 Å². The van der Waals surface area contributed by atoms with Crippen LogP contribution in [0.25, 0.3) is 17.0 Å². The van der Waals surface area contributed by atoms with Gasteiger partial charge in [0.2, 0.25) is 0 Å². The highest BCUT2D eigenvalue weighted by Gasteiger charge is 2.11. The zero-order valence-electron chi connectivity index (χ0n) is 13.6. The number of rotatable bonds is 3. The van der Waals surface area contributed by atoms with Crippen LogP contribution >= 0.6 is 11.6 Å². The van der Waals surface area contributed by atoms with Crippen LogP contribution < -0.4 is 5.56 Å². The highest BCUT2D eigenvalue weighted by Crippen LogP contribution is 2.18. The summed E-state index contributed by atoms with van der Waals surface area (Å²) in [6.45, 7) is 2.19. The fraction of sp³-hybridized carbons (Fsp3) is 0.105. The third kappa shape index (κ3) is 2.94. The number of fused-ring (bicyclic) bond motifs is 1. The Hall–Kier alpha value is -2.92. The molecular formula is C19H15ClN4O. The van der Waals surface area contributed by atoms with Crippen molar-refractivity contribution in [2.45, 2.75) is 13.5 Å². The molecule has 0 atom stereocenters. The Labute approximate surface area is 149 Å². The minimum atomic E-state index is -0.104. The van der Waals surface area contributed by atoms with Gasteiger partial charge >= 0.3 is 0 Å². The lowest BCUT2D eigenvalue weighted by atomic mass is 10.2. The van der Waals surface area contributed by atoms with Gasteiger partial charge in [-0.2, -0.15) is 5.10 Å². The summed E-state index contributed by atoms with van der Waals surface area (Å²) >= 11 is 5.93. The van der Waals surface area contributed by atoms with Crippen molar-refractivity contribution in [2.75, 3.05) is 0 Å². The average Bonchev–Trinajstić information content (AvgIpc) is 3.05. The van der Waals surface area contributed by atoms with E-state index in [2.05, 4.69) is 10.1 Å². The highest BCUT2D eigenvalue weighted by atomic mass is 35.5. The molecule has 1 aromatic carbocycles. The van der Waals surface area contributed by atoms with Crippen LogP contribution in [0.4, 0.5) is 0 Å². The molecule has 5 nitrogen and oxygen atoms in total. The van der Waals surface area contributed by atoms with E-state index in [1.165, 1.54) is 4.68 Å². The quantitative estimate of drug-likeness (QED) is 0.567. The van der Waals surface area contributed by atoms with Crippen molar-refractivity contribution in [1.29, 1.82) is 0 Å². The van der Waals surface area contributed by atoms with Crippen LogP contribution in [0.5, 0.6) is 0 Å². The first-order valence-corrected chi connectivity index (χ1v) is 8.25. The minimum Gasteiger partial charge on any atom is -0.298 e. The van der Waals surface area contributed by atoms with Gasteiger partial charge in [0, 0.05) is 16.8 Å². The molecule has 4 aromatic rings. The number of hydrogen-bond donors (Lipinski definition) is 0. The summed E-state index contributed by atoms with van der Waals surface area (Å²) in [7, 11) is 0. The van der Waals surface area contributed by atoms with Gasteiger partial charge in [0.15, 0.2) is 0 Å². The van der Waals surface area contributed by atoms with Crippen LogP contribution in [0.2, 0.25) is 5.02 Å². The number of aromatic nitrogens is 4. The number of aryl methyl sites for hydroxylation is 1. The average molecular weight is 351 g/mol. The molecule has 0 amide bonds. The van der Waals surface area contributed by atoms with Gasteiger partial charge in [0.25, 0.3) is 5.56 Å². The maximum Gasteiger partial charge on any atom is 0.270 e. The van der Waals surface area contributed by atoms with Crippen molar-refractivity contribution in [2.24, 2.45) is 0 Å². The van der Waals surface area contributed by atoms with E-state index in [4.69, 9.17) is 11.6 Å². The summed E-state index contributed by atoms with van der Waals surface area (Å²) in [5.41, 5.74) is 3.91. The van der Waals surface area contributed by atoms with Gasteiger partial charge in [-0.05, 0) is 42.8 Å². The molecule has 3 heterocycles. The van der Waals surface area contributed by atoms with Gasteiger partial charge in [-0.15, -0.1) is 0 Å². The fourth-order valence-electron chi connectivity index (χ4n) is 2.79. The van der Waals surface area contributed by atoms with Crippen LogP contribution in [-0.2, 0) is 6.54 Å². The second-order valence-electron chi connectivity index (χ2n) is 5.87. The number of nitrogens with zero attached hydrogens (tertiary/aromatic N) is 4. The number of halogens is 1. The van der Waals surface area contributed by atoms with Gasteiger partial charge < -0.3 is 0 Å². The minimum absolute atomic E-state index is 0.104. The van der Waals surface area contributed by atoms with Gasteiger partial charge in [-0.1, -0.05) is 29.8 Å². The van der Waals surface area contributed by atoms with Crippen LogP contribution in [0.3, 0.4) is 0 Å². The second-order valence-corrected chi connectivity index (χ2v) is 6.31. The summed E-state index contributed by atoms with van der Waals surface area (Å²) in [5, 5.41) is 5.22. The summed E-state index contributed by atoms with van der Waals surface area (Å²) in [6, 6.07) is 15.0. The molecule has 0 radical (unpaired) electrons. The van der Waals surface area contributed by atoms with Crippen LogP contribution in [0.15, 0.2) is 65.7 Å². The molecule has 0 N–H and O–H groups in total. The van der Waals surface area contributed by atoms with E-state index in [0.717, 1.165) is 16.9 Å². The molecule has 0 unspecified atom stereocenters. The molecule has 4 rings (SSSR count). The van der Waals surface area contributed by atoms with E-state index in [1.807, 2.05) is 53.1 Å². The van der Waals surface area contributed by atoms with Crippen LogP contribution in [-0.4, -0.2) is 19.2 Å². The van der Waals surface area contributed by atoms with E-state index in [1.54, 1.807) is 19.2 Å². The molecule has 0 aliphatic rings. The Morgan fingerprint density at radius 2 is 1.92 bits per heavy atom. The van der Waals surface area contributed by atoms with Crippen molar-refractivity contribution in [1.82, 2.24) is 19.2 Å². The third-order valence-corrected chi connectivity index (χ3v) is 4.33. The number of hydrogen-bond acceptors (Lipinski definition) is 3. The first-order chi connectivity index (χ1) is 12.1. The van der Waals surface area contributed by atoms with Gasteiger partial charge in [0.1, 0.15) is 11.3 Å². The van der Waals surface area contributed by atoms with E-state index in [0.29, 0.717) is 22.8 Å². The molecule has 0 aliphatic carbocycles. The van der Waals surface area contributed by atoms with E-state index in [9.17, 15) is 4.79 Å². The summed E-state index contributed by atoms with van der Waals surface area (Å²) in [5.74, 6) is 0. The zero-order valence-corrected chi connectivity index (χ0v) is 14.3. The number of benzene rings is 1. The summed E-state index contributed by atoms with van der Waals surface area (Å²) in [6.07, 6.45) is 3.71. The van der Waals surface area contributed by atoms with E-state index < -0.39 is 0 Å². The van der Waals surface area contributed by atoms with Crippen molar-refractivity contribution < 1.29 is 0 Å². The molecule has 0 spiro atoms. The smallest absolute Gasteiger partial charge is 0.270 e. The Kier molecular flexibility index (Phi) is 3.86. The predicted octanol–water partition coefficient (Wildman–Crippen LogP) is 3.57. The first-order valence-electron chi connectivity index (χ1n) is 7.87. The molecule has 0 saturated carbocycles. The lowest BCUT2D eigenvalue weighted by Gasteiger charge is -2.09. The second kappa shape index (κ2) is 6.18. The fourth-order valence-corrected chi connectivity index (χ4v) is 2.92. The SMILES string of the molecule is Cc1cc(-c2cnc3ccccn23)nn(Cc2ccc(Cl)cc2)c1=O. The van der Waals surface area contributed by atoms with Gasteiger partial charge in [-0.3, -0.25) is 9.20 Å². The molecular weight excluding hydrogens is 336 g/mol. The lowest BCUT2D eigenvalue weighted by Crippen LogP contribution is -2.26. The maximum absolute atomic E-state index is 12.5. The van der Waals surface area contributed by atoms with Gasteiger partial charge in [0.05, 0.1) is 18.4 Å². The molecule has 0 saturated heterocycles. The Balaban J connectivity index is 1.81. The molecule has 0 aliphatic heterocycles. The van der Waals surface area contributed by atoms with E-state index in [-0.39, 0.29) is 5.56 Å². The molecule has 25 heavy (non-hydrogen) atoms. The summed E-state index contributed by atoms with van der Waals surface area (Å²) < 4.78 is 3.44. The molecule has 6 heteroatoms. The lowest BCUT2D eigenvalue weighted by molar-refractivity contribution is 0.637. The zero-order chi connectivity index (χ0) is 17.4. The van der Waals surface area contributed by atoms with Crippen molar-refractivity contribution in [3.63, 3.8) is 0 Å². The van der Waals surface area contributed by atoms with Gasteiger partial charge in [-0.25, -0.2) is 9.67 Å². The van der Waals surface area contributed by atoms with Crippen molar-refractivity contribution >= 4 is 17.2 Å². The number of pyridine rings is 1. The third-order valence-electron chi connectivity index (χ3n) is 4.08. The monoisotopic (exact) mass is 350 g/mol. The Morgan fingerprint density at radius 1 is 1.12 bits per heavy atom. The molecule has 0 bridgehead atoms. The predicted molar refractivity (Wildman–Crippen MR) is 98.0 cm³/mol. The molecule has 3 aromatic heterocycles. The standard InChI is InChI=1S/C19H15ClN4O/c1-13-10-16(17-11-21-18-4-2-3-9-23(17)18)22-24(19(13)25)12-14-5-7-15(20)8-6-14/h2-11H,12H2,1H3. The molecule has 124 valence electrons. The normalized spacial score (nSPS) is 11.1.